The lowest BCUT2D eigenvalue weighted by Gasteiger charge is -2.05. The van der Waals surface area contributed by atoms with Crippen molar-refractivity contribution >= 4 is 29.0 Å². The number of carbonyl (C=O) groups excluding carboxylic acids is 1. The van der Waals surface area contributed by atoms with Crippen LogP contribution in [0.1, 0.15) is 0 Å². The standard InChI is InChI=1S/C17H13N5O3S/c23-16(19-14-5-1-2-6-15(14)22(24)25)11-26-17-8-7-13(20-21-17)12-4-3-9-18-10-12/h1-10H,11H2,(H,19,23). The van der Waals surface area contributed by atoms with Crippen molar-refractivity contribution in [3.05, 3.63) is 71.0 Å². The molecule has 9 heteroatoms. The molecular weight excluding hydrogens is 354 g/mol. The molecule has 0 atom stereocenters. The minimum atomic E-state index is -0.536. The largest absolute Gasteiger partial charge is 0.320 e. The highest BCUT2D eigenvalue weighted by molar-refractivity contribution is 7.99. The molecule has 0 fully saturated rings. The van der Waals surface area contributed by atoms with E-state index in [0.717, 1.165) is 5.56 Å². The van der Waals surface area contributed by atoms with Gasteiger partial charge in [-0.3, -0.25) is 19.9 Å². The Morgan fingerprint density at radius 3 is 2.65 bits per heavy atom. The first-order chi connectivity index (χ1) is 12.6. The molecule has 2 aromatic heterocycles. The molecule has 8 nitrogen and oxygen atoms in total. The quantitative estimate of drug-likeness (QED) is 0.404. The van der Waals surface area contributed by atoms with E-state index < -0.39 is 4.92 Å². The third-order valence-electron chi connectivity index (χ3n) is 3.32. The Labute approximate surface area is 152 Å². The number of carbonyl (C=O) groups is 1. The van der Waals surface area contributed by atoms with Crippen LogP contribution in [0.2, 0.25) is 0 Å². The van der Waals surface area contributed by atoms with E-state index in [1.165, 1.54) is 23.9 Å². The Kier molecular flexibility index (Phi) is 5.49. The summed E-state index contributed by atoms with van der Waals surface area (Å²) in [6.45, 7) is 0. The molecule has 1 amide bonds. The average Bonchev–Trinajstić information content (AvgIpc) is 2.68. The van der Waals surface area contributed by atoms with Crippen molar-refractivity contribution in [3.8, 4) is 11.3 Å². The molecule has 0 aliphatic rings. The van der Waals surface area contributed by atoms with Crippen LogP contribution in [0.4, 0.5) is 11.4 Å². The van der Waals surface area contributed by atoms with E-state index in [-0.39, 0.29) is 23.0 Å². The van der Waals surface area contributed by atoms with Crippen molar-refractivity contribution < 1.29 is 9.72 Å². The van der Waals surface area contributed by atoms with Gasteiger partial charge in [0.25, 0.3) is 5.69 Å². The van der Waals surface area contributed by atoms with E-state index in [2.05, 4.69) is 20.5 Å². The first kappa shape index (κ1) is 17.5. The zero-order valence-corrected chi connectivity index (χ0v) is 14.2. The highest BCUT2D eigenvalue weighted by atomic mass is 32.2. The van der Waals surface area contributed by atoms with Gasteiger partial charge in [0.2, 0.25) is 5.91 Å². The fourth-order valence-corrected chi connectivity index (χ4v) is 2.74. The molecule has 0 saturated heterocycles. The number of amides is 1. The van der Waals surface area contributed by atoms with Crippen molar-refractivity contribution in [2.24, 2.45) is 0 Å². The van der Waals surface area contributed by atoms with Gasteiger partial charge in [-0.2, -0.15) is 0 Å². The van der Waals surface area contributed by atoms with Gasteiger partial charge in [-0.05, 0) is 30.3 Å². The number of benzene rings is 1. The van der Waals surface area contributed by atoms with Crippen LogP contribution in [0.3, 0.4) is 0 Å². The zero-order valence-electron chi connectivity index (χ0n) is 13.4. The molecule has 2 heterocycles. The molecule has 3 aromatic rings. The number of nitro groups is 1. The van der Waals surface area contributed by atoms with Crippen LogP contribution in [0.5, 0.6) is 0 Å². The maximum absolute atomic E-state index is 12.0. The summed E-state index contributed by atoms with van der Waals surface area (Å²) >= 11 is 1.19. The normalized spacial score (nSPS) is 10.3. The number of nitro benzene ring substituents is 1. The number of hydrogen-bond donors (Lipinski definition) is 1. The first-order valence-electron chi connectivity index (χ1n) is 7.53. The molecule has 0 unspecified atom stereocenters. The van der Waals surface area contributed by atoms with Crippen molar-refractivity contribution in [1.29, 1.82) is 0 Å². The van der Waals surface area contributed by atoms with Gasteiger partial charge >= 0.3 is 0 Å². The number of thioether (sulfide) groups is 1. The highest BCUT2D eigenvalue weighted by Gasteiger charge is 2.15. The number of nitrogens with zero attached hydrogens (tertiary/aromatic N) is 4. The molecule has 130 valence electrons. The van der Waals surface area contributed by atoms with Crippen LogP contribution in [0, 0.1) is 10.1 Å². The molecular formula is C17H13N5O3S. The molecule has 0 bridgehead atoms. The van der Waals surface area contributed by atoms with Crippen LogP contribution < -0.4 is 5.32 Å². The number of rotatable bonds is 6. The summed E-state index contributed by atoms with van der Waals surface area (Å²) in [6, 6.07) is 13.2. The fraction of sp³-hybridized carbons (Fsp3) is 0.0588. The predicted molar refractivity (Wildman–Crippen MR) is 97.7 cm³/mol. The van der Waals surface area contributed by atoms with E-state index in [9.17, 15) is 14.9 Å². The monoisotopic (exact) mass is 367 g/mol. The Balaban J connectivity index is 1.59. The maximum atomic E-state index is 12.0. The second-order valence-corrected chi connectivity index (χ2v) is 6.11. The van der Waals surface area contributed by atoms with Crippen molar-refractivity contribution in [2.75, 3.05) is 11.1 Å². The highest BCUT2D eigenvalue weighted by Crippen LogP contribution is 2.24. The first-order valence-corrected chi connectivity index (χ1v) is 8.52. The van der Waals surface area contributed by atoms with Crippen molar-refractivity contribution in [3.63, 3.8) is 0 Å². The Morgan fingerprint density at radius 2 is 1.96 bits per heavy atom. The summed E-state index contributed by atoms with van der Waals surface area (Å²) in [5, 5.41) is 22.3. The smallest absolute Gasteiger partial charge is 0.292 e. The summed E-state index contributed by atoms with van der Waals surface area (Å²) in [6.07, 6.45) is 3.37. The number of aromatic nitrogens is 3. The van der Waals surface area contributed by atoms with Crippen LogP contribution >= 0.6 is 11.8 Å². The summed E-state index contributed by atoms with van der Waals surface area (Å²) in [5.41, 5.74) is 1.56. The van der Waals surface area contributed by atoms with Crippen LogP contribution in [0.25, 0.3) is 11.3 Å². The fourth-order valence-electron chi connectivity index (χ4n) is 2.13. The van der Waals surface area contributed by atoms with E-state index in [1.807, 2.05) is 12.1 Å². The molecule has 0 radical (unpaired) electrons. The zero-order chi connectivity index (χ0) is 18.4. The molecule has 1 N–H and O–H groups in total. The number of pyridine rings is 1. The van der Waals surface area contributed by atoms with Crippen LogP contribution in [-0.4, -0.2) is 31.8 Å². The van der Waals surface area contributed by atoms with Crippen LogP contribution in [0.15, 0.2) is 66.0 Å². The number of hydrogen-bond acceptors (Lipinski definition) is 7. The van der Waals surface area contributed by atoms with E-state index in [1.54, 1.807) is 36.7 Å². The number of nitrogens with one attached hydrogen (secondary N) is 1. The Hall–Kier alpha value is -3.33. The Bertz CT molecular complexity index is 919. The second kappa shape index (κ2) is 8.17. The van der Waals surface area contributed by atoms with Gasteiger partial charge in [0.05, 0.1) is 16.4 Å². The lowest BCUT2D eigenvalue weighted by atomic mass is 10.2. The van der Waals surface area contributed by atoms with Gasteiger partial charge in [-0.1, -0.05) is 23.9 Å². The topological polar surface area (TPSA) is 111 Å². The van der Waals surface area contributed by atoms with Gasteiger partial charge in [-0.25, -0.2) is 0 Å². The van der Waals surface area contributed by atoms with Crippen molar-refractivity contribution in [2.45, 2.75) is 5.03 Å². The molecule has 0 saturated carbocycles. The average molecular weight is 367 g/mol. The van der Waals surface area contributed by atoms with Gasteiger partial charge in [0.1, 0.15) is 10.7 Å². The summed E-state index contributed by atoms with van der Waals surface area (Å²) < 4.78 is 0. The van der Waals surface area contributed by atoms with Gasteiger partial charge in [0.15, 0.2) is 0 Å². The third kappa shape index (κ3) is 4.39. The molecule has 0 aliphatic heterocycles. The molecule has 3 rings (SSSR count). The molecule has 26 heavy (non-hydrogen) atoms. The van der Waals surface area contributed by atoms with Gasteiger partial charge in [0, 0.05) is 24.0 Å². The minimum absolute atomic E-state index is 0.0625. The molecule has 1 aromatic carbocycles. The van der Waals surface area contributed by atoms with E-state index >= 15 is 0 Å². The number of para-hydroxylation sites is 2. The molecule has 0 spiro atoms. The van der Waals surface area contributed by atoms with Gasteiger partial charge in [-0.15, -0.1) is 10.2 Å². The Morgan fingerprint density at radius 1 is 1.12 bits per heavy atom. The third-order valence-corrected chi connectivity index (χ3v) is 4.24. The van der Waals surface area contributed by atoms with E-state index in [0.29, 0.717) is 10.7 Å². The van der Waals surface area contributed by atoms with Gasteiger partial charge < -0.3 is 5.32 Å². The lowest BCUT2D eigenvalue weighted by Crippen LogP contribution is -2.15. The molecule has 0 aliphatic carbocycles. The number of anilines is 1. The second-order valence-electron chi connectivity index (χ2n) is 5.11. The van der Waals surface area contributed by atoms with Crippen LogP contribution in [-0.2, 0) is 4.79 Å². The summed E-state index contributed by atoms with van der Waals surface area (Å²) in [5.74, 6) is -0.296. The maximum Gasteiger partial charge on any atom is 0.292 e. The predicted octanol–water partition coefficient (Wildman–Crippen LogP) is 3.18. The minimum Gasteiger partial charge on any atom is -0.320 e. The SMILES string of the molecule is O=C(CSc1ccc(-c2cccnc2)nn1)Nc1ccccc1[N+](=O)[O-]. The van der Waals surface area contributed by atoms with E-state index in [4.69, 9.17) is 0 Å². The lowest BCUT2D eigenvalue weighted by molar-refractivity contribution is -0.383. The summed E-state index contributed by atoms with van der Waals surface area (Å²) in [4.78, 5) is 26.5. The summed E-state index contributed by atoms with van der Waals surface area (Å²) in [7, 11) is 0. The van der Waals surface area contributed by atoms with Crippen molar-refractivity contribution in [1.82, 2.24) is 15.2 Å².